The summed E-state index contributed by atoms with van der Waals surface area (Å²) in [6.45, 7) is 0. The second kappa shape index (κ2) is 9.55. The van der Waals surface area contributed by atoms with E-state index in [1.54, 1.807) is 42.5 Å². The van der Waals surface area contributed by atoms with Crippen molar-refractivity contribution in [1.82, 2.24) is 4.98 Å². The highest BCUT2D eigenvalue weighted by Gasteiger charge is 2.15. The van der Waals surface area contributed by atoms with Crippen LogP contribution >= 0.6 is 0 Å². The molecule has 0 aliphatic heterocycles. The van der Waals surface area contributed by atoms with Crippen molar-refractivity contribution < 1.29 is 22.4 Å². The van der Waals surface area contributed by atoms with Crippen LogP contribution in [0.3, 0.4) is 0 Å². The number of ether oxygens (including phenoxy) is 1. The van der Waals surface area contributed by atoms with E-state index in [0.29, 0.717) is 34.2 Å². The van der Waals surface area contributed by atoms with Gasteiger partial charge in [0.1, 0.15) is 11.3 Å². The lowest BCUT2D eigenvalue weighted by atomic mass is 10.1. The normalized spacial score (nSPS) is 11.2. The van der Waals surface area contributed by atoms with Crippen LogP contribution in [0.15, 0.2) is 106 Å². The summed E-state index contributed by atoms with van der Waals surface area (Å²) in [4.78, 5) is 17.4. The fourth-order valence-electron chi connectivity index (χ4n) is 3.59. The molecule has 8 nitrogen and oxygen atoms in total. The first-order chi connectivity index (χ1) is 17.4. The third kappa shape index (κ3) is 4.91. The van der Waals surface area contributed by atoms with Gasteiger partial charge in [-0.15, -0.1) is 0 Å². The van der Waals surface area contributed by atoms with Gasteiger partial charge in [-0.05, 0) is 78.9 Å². The Morgan fingerprint density at radius 2 is 1.61 bits per heavy atom. The van der Waals surface area contributed by atoms with Gasteiger partial charge in [0, 0.05) is 22.5 Å². The molecule has 0 unspecified atom stereocenters. The number of aromatic nitrogens is 1. The zero-order chi connectivity index (χ0) is 25.1. The molecule has 0 atom stereocenters. The number of hydrogen-bond donors (Lipinski definition) is 2. The van der Waals surface area contributed by atoms with E-state index in [2.05, 4.69) is 15.0 Å². The lowest BCUT2D eigenvalue weighted by Gasteiger charge is -2.10. The highest BCUT2D eigenvalue weighted by molar-refractivity contribution is 7.92. The number of methoxy groups -OCH3 is 1. The predicted molar refractivity (Wildman–Crippen MR) is 138 cm³/mol. The number of para-hydroxylation sites is 2. The monoisotopic (exact) mass is 499 g/mol. The van der Waals surface area contributed by atoms with Crippen LogP contribution in [0.25, 0.3) is 22.6 Å². The predicted octanol–water partition coefficient (Wildman–Crippen LogP) is 5.56. The summed E-state index contributed by atoms with van der Waals surface area (Å²) in [5, 5.41) is 2.85. The van der Waals surface area contributed by atoms with E-state index < -0.39 is 10.0 Å². The zero-order valence-corrected chi connectivity index (χ0v) is 20.0. The van der Waals surface area contributed by atoms with E-state index >= 15 is 0 Å². The summed E-state index contributed by atoms with van der Waals surface area (Å²) in [7, 11) is -2.27. The number of anilines is 2. The van der Waals surface area contributed by atoms with Gasteiger partial charge in [0.2, 0.25) is 5.89 Å². The molecule has 0 aliphatic carbocycles. The second-order valence-corrected chi connectivity index (χ2v) is 9.56. The van der Waals surface area contributed by atoms with E-state index in [1.165, 1.54) is 31.4 Å². The molecule has 0 bridgehead atoms. The number of fused-ring (bicyclic) bond motifs is 1. The Bertz CT molecular complexity index is 1610. The van der Waals surface area contributed by atoms with E-state index in [9.17, 15) is 13.2 Å². The molecule has 0 fully saturated rings. The summed E-state index contributed by atoms with van der Waals surface area (Å²) in [6.07, 6.45) is 0. The molecule has 0 spiro atoms. The number of nitrogens with one attached hydrogen (secondary N) is 2. The highest BCUT2D eigenvalue weighted by atomic mass is 32.2. The van der Waals surface area contributed by atoms with Gasteiger partial charge in [0.05, 0.1) is 12.0 Å². The van der Waals surface area contributed by atoms with Crippen molar-refractivity contribution in [1.29, 1.82) is 0 Å². The molecular formula is C27H21N3O5S. The number of rotatable bonds is 7. The molecule has 1 heterocycles. The Labute approximate surface area is 207 Å². The maximum Gasteiger partial charge on any atom is 0.261 e. The molecule has 1 aromatic heterocycles. The Morgan fingerprint density at radius 1 is 0.861 bits per heavy atom. The minimum Gasteiger partial charge on any atom is -0.497 e. The van der Waals surface area contributed by atoms with E-state index in [-0.39, 0.29) is 10.8 Å². The summed E-state index contributed by atoms with van der Waals surface area (Å²) in [5.74, 6) is 0.679. The summed E-state index contributed by atoms with van der Waals surface area (Å²) in [6, 6.07) is 26.9. The zero-order valence-electron chi connectivity index (χ0n) is 19.1. The molecule has 9 heteroatoms. The number of oxazole rings is 1. The van der Waals surface area contributed by atoms with Crippen molar-refractivity contribution in [3.05, 3.63) is 103 Å². The Morgan fingerprint density at radius 3 is 2.33 bits per heavy atom. The van der Waals surface area contributed by atoms with Gasteiger partial charge in [-0.25, -0.2) is 13.4 Å². The second-order valence-electron chi connectivity index (χ2n) is 7.88. The van der Waals surface area contributed by atoms with Gasteiger partial charge >= 0.3 is 0 Å². The first-order valence-electron chi connectivity index (χ1n) is 11.0. The van der Waals surface area contributed by atoms with E-state index in [1.807, 2.05) is 30.3 Å². The van der Waals surface area contributed by atoms with Crippen LogP contribution in [0.5, 0.6) is 5.75 Å². The molecule has 0 aliphatic rings. The number of carbonyl (C=O) groups is 1. The summed E-state index contributed by atoms with van der Waals surface area (Å²) < 4.78 is 38.6. The average molecular weight is 500 g/mol. The number of nitrogens with zero attached hydrogens (tertiary/aromatic N) is 1. The molecular weight excluding hydrogens is 478 g/mol. The minimum absolute atomic E-state index is 0.101. The Kier molecular flexibility index (Phi) is 6.14. The average Bonchev–Trinajstić information content (AvgIpc) is 3.34. The number of sulfonamides is 1. The third-order valence-electron chi connectivity index (χ3n) is 5.43. The number of amides is 1. The lowest BCUT2D eigenvalue weighted by Crippen LogP contribution is -2.14. The van der Waals surface area contributed by atoms with Crippen LogP contribution < -0.4 is 14.8 Å². The smallest absolute Gasteiger partial charge is 0.261 e. The van der Waals surface area contributed by atoms with Crippen LogP contribution in [0.4, 0.5) is 11.4 Å². The molecule has 0 saturated heterocycles. The molecule has 4 aromatic carbocycles. The van der Waals surface area contributed by atoms with Crippen molar-refractivity contribution in [2.75, 3.05) is 17.1 Å². The quantitative estimate of drug-likeness (QED) is 0.303. The SMILES string of the molecule is COc1ccc(S(=O)(=O)Nc2ccc(C(=O)Nc3cccc(-c4nc5ccccc5o4)c3)cc2)cc1. The molecule has 5 aromatic rings. The topological polar surface area (TPSA) is 111 Å². The fourth-order valence-corrected chi connectivity index (χ4v) is 4.65. The third-order valence-corrected chi connectivity index (χ3v) is 6.83. The van der Waals surface area contributed by atoms with Gasteiger partial charge in [-0.3, -0.25) is 9.52 Å². The Hall–Kier alpha value is -4.63. The van der Waals surface area contributed by atoms with E-state index in [0.717, 1.165) is 11.1 Å². The number of hydrogen-bond acceptors (Lipinski definition) is 6. The highest BCUT2D eigenvalue weighted by Crippen LogP contribution is 2.26. The minimum atomic E-state index is -3.78. The molecule has 0 saturated carbocycles. The Balaban J connectivity index is 1.28. The molecule has 180 valence electrons. The van der Waals surface area contributed by atoms with Crippen LogP contribution in [-0.4, -0.2) is 26.4 Å². The van der Waals surface area contributed by atoms with Crippen LogP contribution in [0.2, 0.25) is 0 Å². The maximum atomic E-state index is 12.8. The summed E-state index contributed by atoms with van der Waals surface area (Å²) in [5.41, 5.74) is 3.44. The van der Waals surface area contributed by atoms with E-state index in [4.69, 9.17) is 9.15 Å². The van der Waals surface area contributed by atoms with Gasteiger partial charge in [-0.1, -0.05) is 18.2 Å². The van der Waals surface area contributed by atoms with Crippen LogP contribution in [0, 0.1) is 0 Å². The van der Waals surface area contributed by atoms with Crippen molar-refractivity contribution in [3.63, 3.8) is 0 Å². The van der Waals surface area contributed by atoms with Crippen molar-refractivity contribution in [3.8, 4) is 17.2 Å². The summed E-state index contributed by atoms with van der Waals surface area (Å²) >= 11 is 0. The standard InChI is InChI=1S/C27H21N3O5S/c1-34-22-13-15-23(16-14-22)36(32,33)30-20-11-9-18(10-12-20)26(31)28-21-6-4-5-19(17-21)27-29-24-7-2-3-8-25(24)35-27/h2-17,30H,1H3,(H,28,31). The van der Waals surface area contributed by atoms with Crippen molar-refractivity contribution in [2.24, 2.45) is 0 Å². The molecule has 1 amide bonds. The van der Waals surface area contributed by atoms with Gasteiger partial charge < -0.3 is 14.5 Å². The molecule has 36 heavy (non-hydrogen) atoms. The molecule has 0 radical (unpaired) electrons. The van der Waals surface area contributed by atoms with Gasteiger partial charge in [0.25, 0.3) is 15.9 Å². The largest absolute Gasteiger partial charge is 0.497 e. The maximum absolute atomic E-state index is 12.8. The van der Waals surface area contributed by atoms with Crippen molar-refractivity contribution in [2.45, 2.75) is 4.90 Å². The molecule has 5 rings (SSSR count). The van der Waals surface area contributed by atoms with Crippen molar-refractivity contribution >= 4 is 38.4 Å². The first kappa shape index (κ1) is 23.1. The lowest BCUT2D eigenvalue weighted by molar-refractivity contribution is 0.102. The molecule has 2 N–H and O–H groups in total. The van der Waals surface area contributed by atoms with Gasteiger partial charge in [-0.2, -0.15) is 0 Å². The number of carbonyl (C=O) groups excluding carboxylic acids is 1. The van der Waals surface area contributed by atoms with Crippen LogP contribution in [0.1, 0.15) is 10.4 Å². The van der Waals surface area contributed by atoms with Crippen LogP contribution in [-0.2, 0) is 10.0 Å². The number of benzene rings is 4. The fraction of sp³-hybridized carbons (Fsp3) is 0.0370. The first-order valence-corrected chi connectivity index (χ1v) is 12.4. The van der Waals surface area contributed by atoms with Gasteiger partial charge in [0.15, 0.2) is 5.58 Å².